The van der Waals surface area contributed by atoms with Gasteiger partial charge in [0, 0.05) is 31.5 Å². The van der Waals surface area contributed by atoms with Gasteiger partial charge in [-0.1, -0.05) is 0 Å². The first kappa shape index (κ1) is 13.0. The summed E-state index contributed by atoms with van der Waals surface area (Å²) in [4.78, 5) is 0.175. The van der Waals surface area contributed by atoms with Crippen LogP contribution >= 0.6 is 0 Å². The summed E-state index contributed by atoms with van der Waals surface area (Å²) in [5.41, 5.74) is 0. The van der Waals surface area contributed by atoms with E-state index in [1.807, 2.05) is 29.1 Å². The highest BCUT2D eigenvalue weighted by Gasteiger charge is 2.19. The quantitative estimate of drug-likeness (QED) is 0.899. The van der Waals surface area contributed by atoms with Crippen molar-refractivity contribution in [1.29, 1.82) is 0 Å². The molecule has 2 heterocycles. The topological polar surface area (TPSA) is 69.6 Å². The molecule has 0 bridgehead atoms. The largest absolute Gasteiger partial charge is 0.454 e. The summed E-state index contributed by atoms with van der Waals surface area (Å²) in [6, 6.07) is 8.37. The van der Waals surface area contributed by atoms with Gasteiger partial charge < -0.3 is 14.0 Å². The van der Waals surface area contributed by atoms with Gasteiger partial charge in [-0.25, -0.2) is 13.1 Å². The van der Waals surface area contributed by atoms with Gasteiger partial charge in [0.1, 0.15) is 0 Å². The summed E-state index contributed by atoms with van der Waals surface area (Å²) < 4.78 is 39.1. The molecule has 0 fully saturated rings. The number of benzene rings is 1. The third-order valence-electron chi connectivity index (χ3n) is 2.98. The minimum atomic E-state index is -3.53. The first-order chi connectivity index (χ1) is 9.65. The van der Waals surface area contributed by atoms with Gasteiger partial charge in [0.25, 0.3) is 0 Å². The van der Waals surface area contributed by atoms with Crippen LogP contribution in [-0.4, -0.2) is 26.3 Å². The van der Waals surface area contributed by atoms with Crippen molar-refractivity contribution in [1.82, 2.24) is 9.29 Å². The zero-order valence-electron chi connectivity index (χ0n) is 10.7. The van der Waals surface area contributed by atoms with Crippen LogP contribution in [0.1, 0.15) is 0 Å². The summed E-state index contributed by atoms with van der Waals surface area (Å²) in [7, 11) is -3.53. The molecule has 6 nitrogen and oxygen atoms in total. The van der Waals surface area contributed by atoms with Crippen molar-refractivity contribution >= 4 is 10.0 Å². The van der Waals surface area contributed by atoms with Gasteiger partial charge in [-0.05, 0) is 24.3 Å². The third-order valence-corrected chi connectivity index (χ3v) is 4.44. The monoisotopic (exact) mass is 294 g/mol. The van der Waals surface area contributed by atoms with Gasteiger partial charge in [-0.2, -0.15) is 0 Å². The zero-order chi connectivity index (χ0) is 14.0. The number of hydrogen-bond donors (Lipinski definition) is 1. The predicted molar refractivity (Wildman–Crippen MR) is 72.2 cm³/mol. The Kier molecular flexibility index (Phi) is 3.37. The molecule has 0 saturated carbocycles. The van der Waals surface area contributed by atoms with Crippen molar-refractivity contribution in [3.8, 4) is 11.5 Å². The Labute approximate surface area is 117 Å². The Balaban J connectivity index is 1.68. The number of fused-ring (bicyclic) bond motifs is 1. The Morgan fingerprint density at radius 2 is 1.90 bits per heavy atom. The number of ether oxygens (including phenoxy) is 2. The first-order valence-electron chi connectivity index (χ1n) is 6.15. The number of sulfonamides is 1. The molecule has 3 rings (SSSR count). The van der Waals surface area contributed by atoms with Gasteiger partial charge in [0.2, 0.25) is 16.8 Å². The summed E-state index contributed by atoms with van der Waals surface area (Å²) in [5, 5.41) is 0. The lowest BCUT2D eigenvalue weighted by Crippen LogP contribution is -2.27. The Morgan fingerprint density at radius 1 is 1.15 bits per heavy atom. The van der Waals surface area contributed by atoms with Crippen LogP contribution in [0.4, 0.5) is 0 Å². The average molecular weight is 294 g/mol. The third kappa shape index (κ3) is 2.63. The SMILES string of the molecule is O=S(=O)(NCCn1cccc1)c1ccc2c(c1)OCO2. The Morgan fingerprint density at radius 3 is 2.70 bits per heavy atom. The highest BCUT2D eigenvalue weighted by molar-refractivity contribution is 7.89. The van der Waals surface area contributed by atoms with Crippen LogP contribution in [0.5, 0.6) is 11.5 Å². The van der Waals surface area contributed by atoms with E-state index in [4.69, 9.17) is 9.47 Å². The molecule has 20 heavy (non-hydrogen) atoms. The molecule has 1 aliphatic heterocycles. The second kappa shape index (κ2) is 5.18. The minimum absolute atomic E-state index is 0.125. The molecule has 0 radical (unpaired) electrons. The van der Waals surface area contributed by atoms with Gasteiger partial charge >= 0.3 is 0 Å². The zero-order valence-corrected chi connectivity index (χ0v) is 11.5. The highest BCUT2D eigenvalue weighted by Crippen LogP contribution is 2.33. The maximum absolute atomic E-state index is 12.1. The fourth-order valence-electron chi connectivity index (χ4n) is 1.96. The fraction of sp³-hybridized carbons (Fsp3) is 0.231. The predicted octanol–water partition coefficient (Wildman–Crippen LogP) is 1.20. The van der Waals surface area contributed by atoms with Crippen molar-refractivity contribution in [2.24, 2.45) is 0 Å². The molecule has 7 heteroatoms. The summed E-state index contributed by atoms with van der Waals surface area (Å²) in [5.74, 6) is 1.02. The normalized spacial score (nSPS) is 13.6. The molecule has 1 N–H and O–H groups in total. The minimum Gasteiger partial charge on any atom is -0.454 e. The first-order valence-corrected chi connectivity index (χ1v) is 7.63. The van der Waals surface area contributed by atoms with E-state index in [1.165, 1.54) is 12.1 Å². The molecule has 0 saturated heterocycles. The number of nitrogens with one attached hydrogen (secondary N) is 1. The van der Waals surface area contributed by atoms with Crippen LogP contribution in [-0.2, 0) is 16.6 Å². The second-order valence-electron chi connectivity index (χ2n) is 4.33. The van der Waals surface area contributed by atoms with E-state index in [1.54, 1.807) is 6.07 Å². The van der Waals surface area contributed by atoms with Gasteiger partial charge in [-0.3, -0.25) is 0 Å². The van der Waals surface area contributed by atoms with E-state index in [0.717, 1.165) is 0 Å². The number of hydrogen-bond acceptors (Lipinski definition) is 4. The summed E-state index contributed by atoms with van der Waals surface area (Å²) in [6.07, 6.45) is 3.77. The second-order valence-corrected chi connectivity index (χ2v) is 6.10. The van der Waals surface area contributed by atoms with E-state index in [9.17, 15) is 8.42 Å². The highest BCUT2D eigenvalue weighted by atomic mass is 32.2. The number of nitrogens with zero attached hydrogens (tertiary/aromatic N) is 1. The number of rotatable bonds is 5. The van der Waals surface area contributed by atoms with Crippen LogP contribution < -0.4 is 14.2 Å². The van der Waals surface area contributed by atoms with Crippen molar-refractivity contribution in [2.75, 3.05) is 13.3 Å². The lowest BCUT2D eigenvalue weighted by Gasteiger charge is -2.08. The molecule has 2 aromatic rings. The van der Waals surface area contributed by atoms with E-state index in [2.05, 4.69) is 4.72 Å². The molecule has 0 amide bonds. The molecule has 106 valence electrons. The van der Waals surface area contributed by atoms with E-state index in [0.29, 0.717) is 24.6 Å². The van der Waals surface area contributed by atoms with Crippen LogP contribution in [0.3, 0.4) is 0 Å². The van der Waals surface area contributed by atoms with Crippen molar-refractivity contribution < 1.29 is 17.9 Å². The lowest BCUT2D eigenvalue weighted by atomic mass is 10.3. The van der Waals surface area contributed by atoms with Gasteiger partial charge in [0.05, 0.1) is 4.90 Å². The molecular formula is C13H14N2O4S. The standard InChI is InChI=1S/C13H14N2O4S/c16-20(17,14-5-8-15-6-1-2-7-15)11-3-4-12-13(9-11)19-10-18-12/h1-4,6-7,9,14H,5,8,10H2. The average Bonchev–Trinajstić information content (AvgIpc) is 3.08. The molecule has 1 aromatic heterocycles. The molecule has 0 atom stereocenters. The van der Waals surface area contributed by atoms with Crippen molar-refractivity contribution in [2.45, 2.75) is 11.4 Å². The van der Waals surface area contributed by atoms with E-state index < -0.39 is 10.0 Å². The van der Waals surface area contributed by atoms with E-state index in [-0.39, 0.29) is 11.7 Å². The maximum Gasteiger partial charge on any atom is 0.240 e. The Bertz CT molecular complexity index is 695. The van der Waals surface area contributed by atoms with Gasteiger partial charge in [-0.15, -0.1) is 0 Å². The van der Waals surface area contributed by atoms with Crippen LogP contribution in [0.25, 0.3) is 0 Å². The molecular weight excluding hydrogens is 280 g/mol. The molecule has 0 spiro atoms. The van der Waals surface area contributed by atoms with Crippen LogP contribution in [0.2, 0.25) is 0 Å². The molecule has 1 aliphatic rings. The fourth-order valence-corrected chi connectivity index (χ4v) is 2.99. The van der Waals surface area contributed by atoms with Crippen molar-refractivity contribution in [3.63, 3.8) is 0 Å². The van der Waals surface area contributed by atoms with E-state index >= 15 is 0 Å². The number of aromatic nitrogens is 1. The summed E-state index contributed by atoms with van der Waals surface area (Å²) >= 11 is 0. The smallest absolute Gasteiger partial charge is 0.240 e. The molecule has 1 aromatic carbocycles. The van der Waals surface area contributed by atoms with Crippen LogP contribution in [0, 0.1) is 0 Å². The van der Waals surface area contributed by atoms with Crippen LogP contribution in [0.15, 0.2) is 47.6 Å². The lowest BCUT2D eigenvalue weighted by molar-refractivity contribution is 0.174. The maximum atomic E-state index is 12.1. The molecule has 0 unspecified atom stereocenters. The molecule has 0 aliphatic carbocycles. The van der Waals surface area contributed by atoms with Crippen molar-refractivity contribution in [3.05, 3.63) is 42.7 Å². The summed E-state index contributed by atoms with van der Waals surface area (Å²) in [6.45, 7) is 1.03. The van der Waals surface area contributed by atoms with Gasteiger partial charge in [0.15, 0.2) is 11.5 Å². The Hall–Kier alpha value is -1.99.